The maximum atomic E-state index is 12.6. The Bertz CT molecular complexity index is 685. The van der Waals surface area contributed by atoms with Crippen molar-refractivity contribution in [3.8, 4) is 0 Å². The van der Waals surface area contributed by atoms with E-state index in [0.717, 1.165) is 24.2 Å². The molecule has 22 heavy (non-hydrogen) atoms. The molecule has 3 rings (SSSR count). The van der Waals surface area contributed by atoms with Gasteiger partial charge in [-0.05, 0) is 36.0 Å². The van der Waals surface area contributed by atoms with Crippen LogP contribution >= 0.6 is 11.8 Å². The maximum Gasteiger partial charge on any atom is 0.228 e. The normalized spacial score (nSPS) is 21.7. The lowest BCUT2D eigenvalue weighted by molar-refractivity contribution is -0.130. The van der Waals surface area contributed by atoms with Crippen molar-refractivity contribution in [1.82, 2.24) is 4.90 Å². The Hall–Kier alpha value is -1.01. The number of carbonyl (C=O) groups excluding carboxylic acids is 1. The summed E-state index contributed by atoms with van der Waals surface area (Å²) in [4.78, 5) is 14.1. The van der Waals surface area contributed by atoms with Gasteiger partial charge < -0.3 is 4.90 Å². The lowest BCUT2D eigenvalue weighted by atomic mass is 10.0. The van der Waals surface area contributed by atoms with Gasteiger partial charge in [-0.3, -0.25) is 4.79 Å². The van der Waals surface area contributed by atoms with Gasteiger partial charge in [0, 0.05) is 24.3 Å². The van der Waals surface area contributed by atoms with Crippen molar-refractivity contribution < 1.29 is 13.2 Å². The molecule has 1 fully saturated rings. The number of carbonyl (C=O) groups is 1. The smallest absolute Gasteiger partial charge is 0.228 e. The Morgan fingerprint density at radius 3 is 2.86 bits per heavy atom. The Morgan fingerprint density at radius 2 is 2.09 bits per heavy atom. The highest BCUT2D eigenvalue weighted by atomic mass is 32.2. The number of benzene rings is 1. The zero-order valence-electron chi connectivity index (χ0n) is 12.7. The molecule has 0 saturated carbocycles. The summed E-state index contributed by atoms with van der Waals surface area (Å²) in [5.41, 5.74) is 3.73. The molecule has 1 heterocycles. The largest absolute Gasteiger partial charge is 0.324 e. The molecule has 1 saturated heterocycles. The van der Waals surface area contributed by atoms with Crippen LogP contribution in [0.2, 0.25) is 0 Å². The maximum absolute atomic E-state index is 12.6. The van der Waals surface area contributed by atoms with Gasteiger partial charge in [-0.15, -0.1) is 0 Å². The predicted molar refractivity (Wildman–Crippen MR) is 89.8 cm³/mol. The first kappa shape index (κ1) is 15.9. The first-order valence-electron chi connectivity index (χ1n) is 7.62. The van der Waals surface area contributed by atoms with Crippen LogP contribution in [0.25, 0.3) is 0 Å². The number of sulfone groups is 1. The van der Waals surface area contributed by atoms with E-state index in [4.69, 9.17) is 0 Å². The number of amides is 1. The number of hydrogen-bond acceptors (Lipinski definition) is 4. The number of fused-ring (bicyclic) bond motifs is 1. The second kappa shape index (κ2) is 6.24. The van der Waals surface area contributed by atoms with E-state index in [0.29, 0.717) is 18.7 Å². The lowest BCUT2D eigenvalue weighted by Gasteiger charge is -2.34. The standard InChI is InChI=1S/C16H21NO3S2/c1-22(19,20)16-11-21-8-7-17(16)15(18)10-12-5-6-13-3-2-4-14(13)9-12/h5-6,9,16H,2-4,7-8,10-11H2,1H3/t16-/m1/s1. The van der Waals surface area contributed by atoms with E-state index in [1.807, 2.05) is 6.07 Å². The van der Waals surface area contributed by atoms with Gasteiger partial charge in [0.05, 0.1) is 6.42 Å². The van der Waals surface area contributed by atoms with Crippen molar-refractivity contribution in [1.29, 1.82) is 0 Å². The second-order valence-electron chi connectivity index (χ2n) is 6.08. The highest BCUT2D eigenvalue weighted by molar-refractivity contribution is 8.00. The molecule has 1 atom stereocenters. The summed E-state index contributed by atoms with van der Waals surface area (Å²) in [6.07, 6.45) is 4.92. The molecule has 1 aromatic carbocycles. The molecule has 0 N–H and O–H groups in total. The number of aryl methyl sites for hydroxylation is 2. The van der Waals surface area contributed by atoms with Crippen molar-refractivity contribution in [3.05, 3.63) is 34.9 Å². The number of nitrogens with zero attached hydrogens (tertiary/aromatic N) is 1. The molecule has 0 aromatic heterocycles. The van der Waals surface area contributed by atoms with Crippen molar-refractivity contribution in [2.75, 3.05) is 24.3 Å². The van der Waals surface area contributed by atoms with E-state index >= 15 is 0 Å². The van der Waals surface area contributed by atoms with Crippen LogP contribution in [0.15, 0.2) is 18.2 Å². The summed E-state index contributed by atoms with van der Waals surface area (Å²) < 4.78 is 23.8. The van der Waals surface area contributed by atoms with Gasteiger partial charge in [0.15, 0.2) is 9.84 Å². The minimum atomic E-state index is -3.24. The third-order valence-corrected chi connectivity index (χ3v) is 7.06. The van der Waals surface area contributed by atoms with Crippen LogP contribution in [-0.2, 0) is 33.9 Å². The first-order chi connectivity index (χ1) is 10.4. The van der Waals surface area contributed by atoms with Crippen LogP contribution in [-0.4, -0.2) is 48.9 Å². The highest BCUT2D eigenvalue weighted by Crippen LogP contribution is 2.25. The minimum Gasteiger partial charge on any atom is -0.324 e. The summed E-state index contributed by atoms with van der Waals surface area (Å²) in [5.74, 6) is 1.21. The number of rotatable bonds is 3. The molecule has 1 aliphatic heterocycles. The fraction of sp³-hybridized carbons (Fsp3) is 0.562. The molecule has 4 nitrogen and oxygen atoms in total. The summed E-state index contributed by atoms with van der Waals surface area (Å²) in [6.45, 7) is 0.520. The SMILES string of the molecule is CS(=O)(=O)[C@@H]1CSCCN1C(=O)Cc1ccc2c(c1)CCC2. The molecular weight excluding hydrogens is 318 g/mol. The first-order valence-corrected chi connectivity index (χ1v) is 10.7. The molecule has 1 amide bonds. The topological polar surface area (TPSA) is 54.5 Å². The van der Waals surface area contributed by atoms with Crippen molar-refractivity contribution in [2.45, 2.75) is 31.1 Å². The molecule has 0 radical (unpaired) electrons. The van der Waals surface area contributed by atoms with Crippen LogP contribution in [0.1, 0.15) is 23.1 Å². The number of thioether (sulfide) groups is 1. The molecular formula is C16H21NO3S2. The monoisotopic (exact) mass is 339 g/mol. The van der Waals surface area contributed by atoms with Crippen LogP contribution in [0.4, 0.5) is 0 Å². The van der Waals surface area contributed by atoms with E-state index in [2.05, 4.69) is 12.1 Å². The molecule has 2 aliphatic rings. The molecule has 0 bridgehead atoms. The Morgan fingerprint density at radius 1 is 1.32 bits per heavy atom. The fourth-order valence-corrected chi connectivity index (χ4v) is 6.07. The van der Waals surface area contributed by atoms with Gasteiger partial charge in [0.1, 0.15) is 5.37 Å². The Labute approximate surface area is 136 Å². The van der Waals surface area contributed by atoms with Crippen molar-refractivity contribution in [2.24, 2.45) is 0 Å². The summed E-state index contributed by atoms with van der Waals surface area (Å²) in [7, 11) is -3.24. The van der Waals surface area contributed by atoms with Crippen molar-refractivity contribution in [3.63, 3.8) is 0 Å². The van der Waals surface area contributed by atoms with Crippen LogP contribution in [0.3, 0.4) is 0 Å². The average Bonchev–Trinajstić information content (AvgIpc) is 2.94. The number of hydrogen-bond donors (Lipinski definition) is 0. The van der Waals surface area contributed by atoms with E-state index in [1.165, 1.54) is 23.8 Å². The molecule has 0 spiro atoms. The van der Waals surface area contributed by atoms with Crippen LogP contribution in [0, 0.1) is 0 Å². The molecule has 1 aliphatic carbocycles. The van der Waals surface area contributed by atoms with Gasteiger partial charge in [0.25, 0.3) is 0 Å². The van der Waals surface area contributed by atoms with E-state index < -0.39 is 15.2 Å². The summed E-state index contributed by atoms with van der Waals surface area (Å²) >= 11 is 1.60. The van der Waals surface area contributed by atoms with E-state index in [-0.39, 0.29) is 5.91 Å². The third-order valence-electron chi connectivity index (χ3n) is 4.42. The minimum absolute atomic E-state index is 0.0753. The van der Waals surface area contributed by atoms with E-state index in [1.54, 1.807) is 16.7 Å². The Kier molecular flexibility index (Phi) is 4.50. The highest BCUT2D eigenvalue weighted by Gasteiger charge is 2.34. The van der Waals surface area contributed by atoms with Gasteiger partial charge in [-0.25, -0.2) is 8.42 Å². The van der Waals surface area contributed by atoms with Gasteiger partial charge in [0.2, 0.25) is 5.91 Å². The van der Waals surface area contributed by atoms with Crippen LogP contribution in [0.5, 0.6) is 0 Å². The quantitative estimate of drug-likeness (QED) is 0.840. The zero-order valence-corrected chi connectivity index (χ0v) is 14.4. The van der Waals surface area contributed by atoms with Gasteiger partial charge in [-0.1, -0.05) is 18.2 Å². The predicted octanol–water partition coefficient (Wildman–Crippen LogP) is 1.66. The second-order valence-corrected chi connectivity index (χ2v) is 9.43. The van der Waals surface area contributed by atoms with Crippen LogP contribution < -0.4 is 0 Å². The van der Waals surface area contributed by atoms with Gasteiger partial charge >= 0.3 is 0 Å². The molecule has 1 aromatic rings. The lowest BCUT2D eigenvalue weighted by Crippen LogP contribution is -2.50. The van der Waals surface area contributed by atoms with E-state index in [9.17, 15) is 13.2 Å². The summed E-state index contributed by atoms with van der Waals surface area (Å²) in [6, 6.07) is 6.25. The zero-order chi connectivity index (χ0) is 15.7. The Balaban J connectivity index is 1.75. The third kappa shape index (κ3) is 3.33. The van der Waals surface area contributed by atoms with Crippen molar-refractivity contribution >= 4 is 27.5 Å². The molecule has 120 valence electrons. The van der Waals surface area contributed by atoms with Gasteiger partial charge in [-0.2, -0.15) is 11.8 Å². The molecule has 0 unspecified atom stereocenters. The fourth-order valence-electron chi connectivity index (χ4n) is 3.23. The molecule has 6 heteroatoms. The summed E-state index contributed by atoms with van der Waals surface area (Å²) in [5, 5.41) is -0.673. The average molecular weight is 339 g/mol.